The van der Waals surface area contributed by atoms with E-state index in [0.717, 1.165) is 17.5 Å². The largest absolute Gasteiger partial charge is 0.467 e. The summed E-state index contributed by atoms with van der Waals surface area (Å²) in [5.41, 5.74) is 2.12. The van der Waals surface area contributed by atoms with Crippen molar-refractivity contribution in [1.29, 1.82) is 0 Å². The van der Waals surface area contributed by atoms with Crippen LogP contribution in [0.3, 0.4) is 0 Å². The molecule has 0 spiro atoms. The minimum atomic E-state index is -0.401. The average Bonchev–Trinajstić information content (AvgIpc) is 2.87. The first kappa shape index (κ1) is 13.6. The Hall–Kier alpha value is -1.84. The van der Waals surface area contributed by atoms with Gasteiger partial charge in [-0.3, -0.25) is 4.79 Å². The fourth-order valence-corrected chi connectivity index (χ4v) is 2.54. The Morgan fingerprint density at radius 3 is 2.89 bits per heavy atom. The van der Waals surface area contributed by atoms with Gasteiger partial charge in [-0.15, -0.1) is 0 Å². The molecule has 19 heavy (non-hydrogen) atoms. The Balaban J connectivity index is 2.05. The van der Waals surface area contributed by atoms with Gasteiger partial charge in [0.25, 0.3) is 0 Å². The molecule has 1 aliphatic rings. The summed E-state index contributed by atoms with van der Waals surface area (Å²) in [4.78, 5) is 25.5. The second-order valence-electron chi connectivity index (χ2n) is 4.93. The van der Waals surface area contributed by atoms with Gasteiger partial charge in [0.2, 0.25) is 5.91 Å². The van der Waals surface area contributed by atoms with Crippen molar-refractivity contribution >= 4 is 11.9 Å². The maximum Gasteiger partial charge on any atom is 0.328 e. The molecule has 1 heterocycles. The van der Waals surface area contributed by atoms with Crippen LogP contribution in [0.25, 0.3) is 0 Å². The van der Waals surface area contributed by atoms with Crippen LogP contribution in [-0.4, -0.2) is 36.5 Å². The number of hydrogen-bond acceptors (Lipinski definition) is 3. The van der Waals surface area contributed by atoms with Crippen LogP contribution in [0, 0.1) is 6.92 Å². The average molecular weight is 261 g/mol. The second-order valence-corrected chi connectivity index (χ2v) is 4.93. The molecule has 1 saturated heterocycles. The molecule has 1 aliphatic heterocycles. The van der Waals surface area contributed by atoms with Crippen LogP contribution in [0.1, 0.15) is 24.0 Å². The second kappa shape index (κ2) is 5.87. The summed E-state index contributed by atoms with van der Waals surface area (Å²) in [6.45, 7) is 2.64. The SMILES string of the molecule is COC(=O)C1CCCN1C(=O)Cc1cccc(C)c1. The molecular weight excluding hydrogens is 242 g/mol. The predicted molar refractivity (Wildman–Crippen MR) is 71.6 cm³/mol. The lowest BCUT2D eigenvalue weighted by molar-refractivity contribution is -0.150. The van der Waals surface area contributed by atoms with E-state index in [9.17, 15) is 9.59 Å². The van der Waals surface area contributed by atoms with Crippen molar-refractivity contribution in [1.82, 2.24) is 4.90 Å². The van der Waals surface area contributed by atoms with Gasteiger partial charge < -0.3 is 9.64 Å². The molecule has 0 saturated carbocycles. The molecule has 4 heteroatoms. The highest BCUT2D eigenvalue weighted by Gasteiger charge is 2.34. The third-order valence-electron chi connectivity index (χ3n) is 3.48. The minimum Gasteiger partial charge on any atom is -0.467 e. The molecule has 1 unspecified atom stereocenters. The zero-order chi connectivity index (χ0) is 13.8. The van der Waals surface area contributed by atoms with Gasteiger partial charge in [-0.2, -0.15) is 0 Å². The highest BCUT2D eigenvalue weighted by Crippen LogP contribution is 2.20. The topological polar surface area (TPSA) is 46.6 Å². The number of rotatable bonds is 3. The number of likely N-dealkylation sites (tertiary alicyclic amines) is 1. The fourth-order valence-electron chi connectivity index (χ4n) is 2.54. The standard InChI is InChI=1S/C15H19NO3/c1-11-5-3-6-12(9-11)10-14(17)16-8-4-7-13(16)15(18)19-2/h3,5-6,9,13H,4,7-8,10H2,1-2H3. The monoisotopic (exact) mass is 261 g/mol. The molecule has 102 valence electrons. The third-order valence-corrected chi connectivity index (χ3v) is 3.48. The Morgan fingerprint density at radius 1 is 1.42 bits per heavy atom. The van der Waals surface area contributed by atoms with E-state index in [-0.39, 0.29) is 11.9 Å². The molecule has 1 aromatic carbocycles. The van der Waals surface area contributed by atoms with Gasteiger partial charge in [0, 0.05) is 6.54 Å². The van der Waals surface area contributed by atoms with E-state index in [1.54, 1.807) is 4.90 Å². The molecule has 0 aromatic heterocycles. The van der Waals surface area contributed by atoms with E-state index in [2.05, 4.69) is 0 Å². The van der Waals surface area contributed by atoms with E-state index in [4.69, 9.17) is 4.74 Å². The van der Waals surface area contributed by atoms with Crippen molar-refractivity contribution in [2.75, 3.05) is 13.7 Å². The van der Waals surface area contributed by atoms with Crippen molar-refractivity contribution in [2.24, 2.45) is 0 Å². The number of hydrogen-bond donors (Lipinski definition) is 0. The van der Waals surface area contributed by atoms with Gasteiger partial charge in [0.1, 0.15) is 6.04 Å². The first-order chi connectivity index (χ1) is 9.11. The number of amides is 1. The van der Waals surface area contributed by atoms with E-state index in [1.165, 1.54) is 7.11 Å². The summed E-state index contributed by atoms with van der Waals surface area (Å²) < 4.78 is 4.75. The number of nitrogens with zero attached hydrogens (tertiary/aromatic N) is 1. The van der Waals surface area contributed by atoms with Gasteiger partial charge in [-0.05, 0) is 25.3 Å². The minimum absolute atomic E-state index is 0.00139. The van der Waals surface area contributed by atoms with Crippen LogP contribution < -0.4 is 0 Å². The quantitative estimate of drug-likeness (QED) is 0.778. The summed E-state index contributed by atoms with van der Waals surface area (Å²) in [5, 5.41) is 0. The zero-order valence-electron chi connectivity index (χ0n) is 11.4. The number of methoxy groups -OCH3 is 1. The lowest BCUT2D eigenvalue weighted by Gasteiger charge is -2.22. The van der Waals surface area contributed by atoms with Gasteiger partial charge in [0.15, 0.2) is 0 Å². The summed E-state index contributed by atoms with van der Waals surface area (Å²) >= 11 is 0. The normalized spacial score (nSPS) is 18.4. The molecular formula is C15H19NO3. The van der Waals surface area contributed by atoms with Gasteiger partial charge in [-0.1, -0.05) is 29.8 Å². The zero-order valence-corrected chi connectivity index (χ0v) is 11.4. The van der Waals surface area contributed by atoms with Crippen molar-refractivity contribution < 1.29 is 14.3 Å². The van der Waals surface area contributed by atoms with Crippen molar-refractivity contribution in [3.63, 3.8) is 0 Å². The van der Waals surface area contributed by atoms with Crippen LogP contribution >= 0.6 is 0 Å². The third kappa shape index (κ3) is 3.13. The smallest absolute Gasteiger partial charge is 0.328 e. The van der Waals surface area contributed by atoms with Crippen molar-refractivity contribution in [2.45, 2.75) is 32.2 Å². The Bertz CT molecular complexity index is 484. The van der Waals surface area contributed by atoms with Crippen LogP contribution in [0.5, 0.6) is 0 Å². The molecule has 0 N–H and O–H groups in total. The highest BCUT2D eigenvalue weighted by molar-refractivity contribution is 5.86. The molecule has 1 aromatic rings. The molecule has 4 nitrogen and oxygen atoms in total. The molecule has 1 fully saturated rings. The Labute approximate surface area is 113 Å². The molecule has 0 aliphatic carbocycles. The lowest BCUT2D eigenvalue weighted by atomic mass is 10.1. The Kier molecular flexibility index (Phi) is 4.20. The van der Waals surface area contributed by atoms with Crippen LogP contribution in [0.2, 0.25) is 0 Å². The number of esters is 1. The first-order valence-electron chi connectivity index (χ1n) is 6.54. The van der Waals surface area contributed by atoms with E-state index in [1.807, 2.05) is 31.2 Å². The van der Waals surface area contributed by atoms with Crippen LogP contribution in [0.15, 0.2) is 24.3 Å². The van der Waals surface area contributed by atoms with E-state index >= 15 is 0 Å². The Morgan fingerprint density at radius 2 is 2.21 bits per heavy atom. The van der Waals surface area contributed by atoms with Crippen molar-refractivity contribution in [3.05, 3.63) is 35.4 Å². The number of carbonyl (C=O) groups is 2. The first-order valence-corrected chi connectivity index (χ1v) is 6.54. The summed E-state index contributed by atoms with van der Waals surface area (Å²) in [7, 11) is 1.36. The molecule has 2 rings (SSSR count). The number of carbonyl (C=O) groups excluding carboxylic acids is 2. The lowest BCUT2D eigenvalue weighted by Crippen LogP contribution is -2.41. The van der Waals surface area contributed by atoms with E-state index < -0.39 is 6.04 Å². The number of ether oxygens (including phenoxy) is 1. The summed E-state index contributed by atoms with van der Waals surface area (Å²) in [6, 6.07) is 7.48. The van der Waals surface area contributed by atoms with Crippen LogP contribution in [-0.2, 0) is 20.7 Å². The van der Waals surface area contributed by atoms with Gasteiger partial charge in [0.05, 0.1) is 13.5 Å². The fraction of sp³-hybridized carbons (Fsp3) is 0.467. The molecule has 1 amide bonds. The number of benzene rings is 1. The van der Waals surface area contributed by atoms with Crippen molar-refractivity contribution in [3.8, 4) is 0 Å². The maximum absolute atomic E-state index is 12.3. The number of aryl methyl sites for hydroxylation is 1. The van der Waals surface area contributed by atoms with Gasteiger partial charge >= 0.3 is 5.97 Å². The van der Waals surface area contributed by atoms with Crippen LogP contribution in [0.4, 0.5) is 0 Å². The molecule has 1 atom stereocenters. The molecule has 0 radical (unpaired) electrons. The summed E-state index contributed by atoms with van der Waals surface area (Å²) in [6.07, 6.45) is 1.90. The molecule has 0 bridgehead atoms. The highest BCUT2D eigenvalue weighted by atomic mass is 16.5. The summed E-state index contributed by atoms with van der Waals surface area (Å²) in [5.74, 6) is -0.311. The van der Waals surface area contributed by atoms with Gasteiger partial charge in [-0.25, -0.2) is 4.79 Å². The maximum atomic E-state index is 12.3. The predicted octanol–water partition coefficient (Wildman–Crippen LogP) is 1.70. The van der Waals surface area contributed by atoms with E-state index in [0.29, 0.717) is 19.4 Å².